The van der Waals surface area contributed by atoms with Crippen molar-refractivity contribution >= 4 is 0 Å². The lowest BCUT2D eigenvalue weighted by Gasteiger charge is -1.98. The summed E-state index contributed by atoms with van der Waals surface area (Å²) in [7, 11) is 0. The zero-order valence-corrected chi connectivity index (χ0v) is 5.04. The number of hydrogen-bond donors (Lipinski definition) is 1. The minimum absolute atomic E-state index is 0.705. The highest BCUT2D eigenvalue weighted by atomic mass is 16.3. The van der Waals surface area contributed by atoms with Gasteiger partial charge in [0.25, 0.3) is 0 Å². The smallest absolute Gasteiger partial charge is 0.139 e. The minimum Gasteiger partial charge on any atom is -0.376 e. The van der Waals surface area contributed by atoms with Crippen LogP contribution in [0.25, 0.3) is 0 Å². The van der Waals surface area contributed by atoms with Crippen LogP contribution in [0.2, 0.25) is 0 Å². The molecule has 1 rings (SSSR count). The Morgan fingerprint density at radius 1 is 1.78 bits per heavy atom. The summed E-state index contributed by atoms with van der Waals surface area (Å²) in [6.45, 7) is 0. The molecule has 0 aromatic carbocycles. The normalized spacial score (nSPS) is 18.9. The van der Waals surface area contributed by atoms with Crippen molar-refractivity contribution in [2.24, 2.45) is 0 Å². The number of rotatable bonds is 1. The van der Waals surface area contributed by atoms with E-state index in [2.05, 4.69) is 5.92 Å². The molecular formula is C8H8O. The second-order valence-corrected chi connectivity index (χ2v) is 1.91. The fraction of sp³-hybridized carbons (Fsp3) is 0.250. The third-order valence-corrected chi connectivity index (χ3v) is 1.27. The van der Waals surface area contributed by atoms with Crippen molar-refractivity contribution in [1.82, 2.24) is 0 Å². The molecule has 0 fully saturated rings. The van der Waals surface area contributed by atoms with Gasteiger partial charge < -0.3 is 5.11 Å². The molecule has 1 nitrogen and oxygen atoms in total. The Kier molecular flexibility index (Phi) is 1.72. The molecule has 1 unspecified atom stereocenters. The zero-order chi connectivity index (χ0) is 6.69. The Bertz CT molecular complexity index is 193. The van der Waals surface area contributed by atoms with Crippen molar-refractivity contribution in [2.45, 2.75) is 12.5 Å². The zero-order valence-electron chi connectivity index (χ0n) is 5.04. The van der Waals surface area contributed by atoms with Crippen molar-refractivity contribution < 1.29 is 5.11 Å². The lowest BCUT2D eigenvalue weighted by Crippen LogP contribution is -2.02. The van der Waals surface area contributed by atoms with Gasteiger partial charge in [0.2, 0.25) is 0 Å². The third kappa shape index (κ3) is 1.22. The van der Waals surface area contributed by atoms with E-state index in [0.717, 1.165) is 12.0 Å². The van der Waals surface area contributed by atoms with Gasteiger partial charge in [-0.15, -0.1) is 6.42 Å². The SMILES string of the molecule is C#CC(O)C1=CCC=C1. The number of terminal acetylenes is 1. The molecule has 46 valence electrons. The van der Waals surface area contributed by atoms with Crippen LogP contribution in [-0.2, 0) is 0 Å². The van der Waals surface area contributed by atoms with Gasteiger partial charge in [-0.2, -0.15) is 0 Å². The van der Waals surface area contributed by atoms with Crippen molar-refractivity contribution in [3.63, 3.8) is 0 Å². The topological polar surface area (TPSA) is 20.2 Å². The van der Waals surface area contributed by atoms with Crippen LogP contribution >= 0.6 is 0 Å². The Morgan fingerprint density at radius 2 is 2.56 bits per heavy atom. The van der Waals surface area contributed by atoms with Gasteiger partial charge in [-0.25, -0.2) is 0 Å². The Labute approximate surface area is 54.7 Å². The summed E-state index contributed by atoms with van der Waals surface area (Å²) in [5.41, 5.74) is 0.845. The van der Waals surface area contributed by atoms with E-state index in [1.807, 2.05) is 18.2 Å². The summed E-state index contributed by atoms with van der Waals surface area (Å²) < 4.78 is 0. The first-order valence-corrected chi connectivity index (χ1v) is 2.85. The monoisotopic (exact) mass is 120 g/mol. The van der Waals surface area contributed by atoms with E-state index in [4.69, 9.17) is 11.5 Å². The van der Waals surface area contributed by atoms with Gasteiger partial charge in [-0.05, 0) is 12.0 Å². The summed E-state index contributed by atoms with van der Waals surface area (Å²) in [5, 5.41) is 9.00. The van der Waals surface area contributed by atoms with Gasteiger partial charge in [0, 0.05) is 0 Å². The van der Waals surface area contributed by atoms with E-state index < -0.39 is 6.10 Å². The van der Waals surface area contributed by atoms with Crippen LogP contribution in [0.15, 0.2) is 23.8 Å². The van der Waals surface area contributed by atoms with Crippen LogP contribution in [0.3, 0.4) is 0 Å². The maximum atomic E-state index is 9.00. The van der Waals surface area contributed by atoms with E-state index in [-0.39, 0.29) is 0 Å². The van der Waals surface area contributed by atoms with Gasteiger partial charge in [0.15, 0.2) is 0 Å². The fourth-order valence-electron chi connectivity index (χ4n) is 0.775. The van der Waals surface area contributed by atoms with E-state index in [1.54, 1.807) is 0 Å². The average molecular weight is 120 g/mol. The molecule has 0 radical (unpaired) electrons. The van der Waals surface area contributed by atoms with Gasteiger partial charge >= 0.3 is 0 Å². The number of allylic oxidation sites excluding steroid dienone is 2. The molecule has 0 aliphatic heterocycles. The highest BCUT2D eigenvalue weighted by Crippen LogP contribution is 2.11. The molecule has 1 aliphatic carbocycles. The largest absolute Gasteiger partial charge is 0.376 e. The molecule has 0 saturated carbocycles. The minimum atomic E-state index is -0.705. The Hall–Kier alpha value is -1.00. The molecule has 9 heavy (non-hydrogen) atoms. The molecule has 0 heterocycles. The van der Waals surface area contributed by atoms with Crippen LogP contribution in [0.5, 0.6) is 0 Å². The molecular weight excluding hydrogens is 112 g/mol. The van der Waals surface area contributed by atoms with Crippen LogP contribution < -0.4 is 0 Å². The summed E-state index contributed by atoms with van der Waals surface area (Å²) in [6.07, 6.45) is 10.9. The number of aliphatic hydroxyl groups excluding tert-OH is 1. The first kappa shape index (κ1) is 6.12. The molecule has 1 aliphatic rings. The van der Waals surface area contributed by atoms with Crippen molar-refractivity contribution in [1.29, 1.82) is 0 Å². The van der Waals surface area contributed by atoms with Gasteiger partial charge in [0.1, 0.15) is 6.10 Å². The third-order valence-electron chi connectivity index (χ3n) is 1.27. The molecule has 1 heteroatoms. The summed E-state index contributed by atoms with van der Waals surface area (Å²) in [6, 6.07) is 0. The van der Waals surface area contributed by atoms with Crippen LogP contribution in [0.1, 0.15) is 6.42 Å². The molecule has 0 aromatic heterocycles. The van der Waals surface area contributed by atoms with Crippen LogP contribution in [0.4, 0.5) is 0 Å². The first-order valence-electron chi connectivity index (χ1n) is 2.85. The molecule has 1 atom stereocenters. The second-order valence-electron chi connectivity index (χ2n) is 1.91. The fourth-order valence-corrected chi connectivity index (χ4v) is 0.775. The maximum Gasteiger partial charge on any atom is 0.139 e. The quantitative estimate of drug-likeness (QED) is 0.509. The average Bonchev–Trinajstić information content (AvgIpc) is 2.37. The lowest BCUT2D eigenvalue weighted by atomic mass is 10.2. The van der Waals surface area contributed by atoms with Crippen LogP contribution in [-0.4, -0.2) is 11.2 Å². The Morgan fingerprint density at radius 3 is 3.00 bits per heavy atom. The van der Waals surface area contributed by atoms with Gasteiger partial charge in [-0.3, -0.25) is 0 Å². The van der Waals surface area contributed by atoms with E-state index in [9.17, 15) is 0 Å². The molecule has 0 bridgehead atoms. The second kappa shape index (κ2) is 2.52. The maximum absolute atomic E-state index is 9.00. The lowest BCUT2D eigenvalue weighted by molar-refractivity contribution is 0.272. The van der Waals surface area contributed by atoms with Crippen molar-refractivity contribution in [2.75, 3.05) is 0 Å². The molecule has 0 amide bonds. The highest BCUT2D eigenvalue weighted by Gasteiger charge is 2.04. The summed E-state index contributed by atoms with van der Waals surface area (Å²) >= 11 is 0. The molecule has 0 spiro atoms. The molecule has 0 saturated heterocycles. The highest BCUT2D eigenvalue weighted by molar-refractivity contribution is 5.34. The predicted molar refractivity (Wildman–Crippen MR) is 36.7 cm³/mol. The number of hydrogen-bond acceptors (Lipinski definition) is 1. The van der Waals surface area contributed by atoms with E-state index in [0.29, 0.717) is 0 Å². The predicted octanol–water partition coefficient (Wildman–Crippen LogP) is 0.867. The van der Waals surface area contributed by atoms with Crippen molar-refractivity contribution in [3.05, 3.63) is 23.8 Å². The Balaban J connectivity index is 2.64. The van der Waals surface area contributed by atoms with E-state index in [1.165, 1.54) is 0 Å². The summed E-state index contributed by atoms with van der Waals surface area (Å²) in [4.78, 5) is 0. The van der Waals surface area contributed by atoms with Crippen LogP contribution in [0, 0.1) is 12.3 Å². The van der Waals surface area contributed by atoms with E-state index >= 15 is 0 Å². The number of aliphatic hydroxyl groups is 1. The molecule has 1 N–H and O–H groups in total. The van der Waals surface area contributed by atoms with Gasteiger partial charge in [0.05, 0.1) is 0 Å². The first-order chi connectivity index (χ1) is 4.34. The molecule has 0 aromatic rings. The summed E-state index contributed by atoms with van der Waals surface area (Å²) in [5.74, 6) is 2.24. The van der Waals surface area contributed by atoms with Crippen molar-refractivity contribution in [3.8, 4) is 12.3 Å². The standard InChI is InChI=1S/C8H8O/c1-2-8(9)7-5-3-4-6-7/h1,3,5-6,8-9H,4H2. The van der Waals surface area contributed by atoms with Gasteiger partial charge in [-0.1, -0.05) is 24.1 Å².